The maximum Gasteiger partial charge on any atom is 0.338 e. The number of ether oxygens (including phenoxy) is 3. The zero-order valence-electron chi connectivity index (χ0n) is 23.7. The molecule has 2 amide bonds. The molecule has 2 aliphatic rings. The lowest BCUT2D eigenvalue weighted by Crippen LogP contribution is -2.56. The number of likely N-dealkylation sites (N-methyl/N-ethyl adjacent to an activating group) is 1. The van der Waals surface area contributed by atoms with E-state index in [-0.39, 0.29) is 36.7 Å². The van der Waals surface area contributed by atoms with Gasteiger partial charge in [-0.2, -0.15) is 4.31 Å². The summed E-state index contributed by atoms with van der Waals surface area (Å²) in [5.41, 5.74) is 1.40. The van der Waals surface area contributed by atoms with Gasteiger partial charge < -0.3 is 19.5 Å². The Kier molecular flexibility index (Phi) is 9.48. The van der Waals surface area contributed by atoms with Crippen molar-refractivity contribution >= 4 is 33.6 Å². The maximum absolute atomic E-state index is 13.4. The van der Waals surface area contributed by atoms with Crippen molar-refractivity contribution in [1.82, 2.24) is 19.4 Å². The topological polar surface area (TPSA) is 118 Å². The van der Waals surface area contributed by atoms with Crippen molar-refractivity contribution in [2.24, 2.45) is 0 Å². The van der Waals surface area contributed by atoms with Gasteiger partial charge in [0.15, 0.2) is 11.5 Å². The number of rotatable bonds is 9. The van der Waals surface area contributed by atoms with Crippen LogP contribution in [0.4, 0.5) is 4.79 Å². The van der Waals surface area contributed by atoms with Gasteiger partial charge in [-0.1, -0.05) is 17.7 Å². The number of sulfonamides is 1. The van der Waals surface area contributed by atoms with Crippen LogP contribution in [0.15, 0.2) is 58.6 Å². The Labute approximate surface area is 245 Å². The highest BCUT2D eigenvalue weighted by Gasteiger charge is 2.39. The van der Waals surface area contributed by atoms with E-state index in [0.29, 0.717) is 46.4 Å². The average molecular weight is 607 g/mol. The molecule has 2 atom stereocenters. The van der Waals surface area contributed by atoms with Crippen LogP contribution in [0.25, 0.3) is 0 Å². The first kappa shape index (κ1) is 30.6. The normalized spacial score (nSPS) is 20.5. The Morgan fingerprint density at radius 2 is 1.76 bits per heavy atom. The minimum absolute atomic E-state index is 0.157. The molecule has 2 aliphatic heterocycles. The van der Waals surface area contributed by atoms with E-state index in [1.165, 1.54) is 35.6 Å². The van der Waals surface area contributed by atoms with Crippen molar-refractivity contribution in [1.29, 1.82) is 0 Å². The van der Waals surface area contributed by atoms with Crippen molar-refractivity contribution < 1.29 is 32.2 Å². The summed E-state index contributed by atoms with van der Waals surface area (Å²) in [4.78, 5) is 30.1. The maximum atomic E-state index is 13.4. The van der Waals surface area contributed by atoms with Gasteiger partial charge in [-0.15, -0.1) is 0 Å². The summed E-state index contributed by atoms with van der Waals surface area (Å²) in [6.07, 6.45) is 0. The van der Waals surface area contributed by atoms with Gasteiger partial charge in [-0.05, 0) is 55.8 Å². The molecule has 0 spiro atoms. The number of hydrogen-bond acceptors (Lipinski definition) is 8. The molecule has 2 aromatic rings. The van der Waals surface area contributed by atoms with Gasteiger partial charge in [-0.3, -0.25) is 9.80 Å². The van der Waals surface area contributed by atoms with Crippen LogP contribution in [0.1, 0.15) is 25.5 Å². The van der Waals surface area contributed by atoms with Crippen LogP contribution < -0.4 is 14.8 Å². The number of halogens is 1. The predicted molar refractivity (Wildman–Crippen MR) is 153 cm³/mol. The highest BCUT2D eigenvalue weighted by atomic mass is 35.5. The SMILES string of the molecule is CCOC(=O)C1=C(CN2CCN(S(=O)(=O)c3ccc(Cl)cc3)C(C)C2)N(C)C(=O)NC1c1ccc(OC)c(OC)c1. The fraction of sp³-hybridized carbons (Fsp3) is 0.429. The molecule has 41 heavy (non-hydrogen) atoms. The summed E-state index contributed by atoms with van der Waals surface area (Å²) in [6, 6.07) is 9.75. The molecule has 11 nitrogen and oxygen atoms in total. The van der Waals surface area contributed by atoms with Crippen LogP contribution in [0, 0.1) is 0 Å². The predicted octanol–water partition coefficient (Wildman–Crippen LogP) is 3.27. The van der Waals surface area contributed by atoms with E-state index in [9.17, 15) is 18.0 Å². The molecule has 1 saturated heterocycles. The van der Waals surface area contributed by atoms with Crippen LogP contribution in [0.3, 0.4) is 0 Å². The number of carbonyl (C=O) groups is 2. The monoisotopic (exact) mass is 606 g/mol. The number of amides is 2. The second kappa shape index (κ2) is 12.7. The van der Waals surface area contributed by atoms with Crippen molar-refractivity contribution in [2.45, 2.75) is 30.8 Å². The Bertz CT molecular complexity index is 1430. The van der Waals surface area contributed by atoms with Crippen LogP contribution >= 0.6 is 11.6 Å². The molecule has 2 unspecified atom stereocenters. The molecule has 2 heterocycles. The number of piperazine rings is 1. The Hall–Kier alpha value is -3.32. The highest BCUT2D eigenvalue weighted by Crippen LogP contribution is 2.36. The number of nitrogens with zero attached hydrogens (tertiary/aromatic N) is 3. The molecular formula is C28H35ClN4O7S. The number of esters is 1. The number of nitrogens with one attached hydrogen (secondary N) is 1. The smallest absolute Gasteiger partial charge is 0.338 e. The first-order chi connectivity index (χ1) is 19.5. The van der Waals surface area contributed by atoms with Crippen molar-refractivity contribution in [3.63, 3.8) is 0 Å². The number of benzene rings is 2. The van der Waals surface area contributed by atoms with E-state index >= 15 is 0 Å². The van der Waals surface area contributed by atoms with Crippen molar-refractivity contribution in [2.75, 3.05) is 54.1 Å². The second-order valence-corrected chi connectivity index (χ2v) is 12.1. The molecule has 13 heteroatoms. The minimum atomic E-state index is -3.73. The quantitative estimate of drug-likeness (QED) is 0.432. The molecule has 0 bridgehead atoms. The van der Waals surface area contributed by atoms with Crippen molar-refractivity contribution in [3.8, 4) is 11.5 Å². The van der Waals surface area contributed by atoms with Gasteiger partial charge in [-0.25, -0.2) is 18.0 Å². The van der Waals surface area contributed by atoms with Gasteiger partial charge in [0.2, 0.25) is 10.0 Å². The Balaban J connectivity index is 1.65. The molecule has 4 rings (SSSR count). The second-order valence-electron chi connectivity index (χ2n) is 9.79. The molecule has 1 N–H and O–H groups in total. The summed E-state index contributed by atoms with van der Waals surface area (Å²) in [5, 5.41) is 3.36. The fourth-order valence-electron chi connectivity index (χ4n) is 5.15. The third kappa shape index (κ3) is 6.30. The molecule has 0 aliphatic carbocycles. The zero-order valence-corrected chi connectivity index (χ0v) is 25.3. The van der Waals surface area contributed by atoms with Gasteiger partial charge in [0.05, 0.1) is 37.3 Å². The largest absolute Gasteiger partial charge is 0.493 e. The molecule has 0 aromatic heterocycles. The van der Waals surface area contributed by atoms with E-state index in [0.717, 1.165) is 0 Å². The molecular weight excluding hydrogens is 572 g/mol. The van der Waals surface area contributed by atoms with E-state index in [2.05, 4.69) is 5.32 Å². The first-order valence-corrected chi connectivity index (χ1v) is 15.0. The number of carbonyl (C=O) groups excluding carboxylic acids is 2. The first-order valence-electron chi connectivity index (χ1n) is 13.2. The summed E-state index contributed by atoms with van der Waals surface area (Å²) in [6.45, 7) is 4.98. The highest BCUT2D eigenvalue weighted by molar-refractivity contribution is 7.89. The Morgan fingerprint density at radius 3 is 2.37 bits per heavy atom. The average Bonchev–Trinajstić information content (AvgIpc) is 2.95. The number of hydrogen-bond donors (Lipinski definition) is 1. The van der Waals surface area contributed by atoms with Crippen LogP contribution in [-0.4, -0.2) is 94.6 Å². The Morgan fingerprint density at radius 1 is 1.07 bits per heavy atom. The van der Waals surface area contributed by atoms with Crippen LogP contribution in [0.2, 0.25) is 5.02 Å². The van der Waals surface area contributed by atoms with Crippen molar-refractivity contribution in [3.05, 3.63) is 64.3 Å². The van der Waals surface area contributed by atoms with E-state index in [1.54, 1.807) is 44.3 Å². The van der Waals surface area contributed by atoms with Crippen LogP contribution in [-0.2, 0) is 19.6 Å². The summed E-state index contributed by atoms with van der Waals surface area (Å²) in [5.74, 6) is 0.415. The lowest BCUT2D eigenvalue weighted by molar-refractivity contribution is -0.139. The molecule has 0 radical (unpaired) electrons. The lowest BCUT2D eigenvalue weighted by Gasteiger charge is -2.41. The lowest BCUT2D eigenvalue weighted by atomic mass is 9.94. The third-order valence-corrected chi connectivity index (χ3v) is 9.54. The minimum Gasteiger partial charge on any atom is -0.493 e. The molecule has 0 saturated carbocycles. The van der Waals surface area contributed by atoms with Crippen LogP contribution in [0.5, 0.6) is 11.5 Å². The molecule has 222 valence electrons. The number of methoxy groups -OCH3 is 2. The summed E-state index contributed by atoms with van der Waals surface area (Å²) >= 11 is 5.95. The summed E-state index contributed by atoms with van der Waals surface area (Å²) < 4.78 is 44.3. The summed E-state index contributed by atoms with van der Waals surface area (Å²) in [7, 11) is 0.905. The third-order valence-electron chi connectivity index (χ3n) is 7.26. The van der Waals surface area contributed by atoms with Gasteiger partial charge >= 0.3 is 12.0 Å². The van der Waals surface area contributed by atoms with E-state index in [1.807, 2.05) is 11.8 Å². The molecule has 2 aromatic carbocycles. The van der Waals surface area contributed by atoms with E-state index < -0.39 is 22.0 Å². The van der Waals surface area contributed by atoms with Gasteiger partial charge in [0, 0.05) is 50.0 Å². The zero-order chi connectivity index (χ0) is 29.9. The van der Waals surface area contributed by atoms with E-state index in [4.69, 9.17) is 25.8 Å². The number of urea groups is 1. The fourth-order valence-corrected chi connectivity index (χ4v) is 6.89. The standard InChI is InChI=1S/C28H35ClN4O7S/c1-6-40-27(34)25-22(31(3)28(35)30-26(25)19-7-12-23(38-4)24(15-19)39-5)17-32-13-14-33(18(2)16-32)41(36,37)21-10-8-20(29)9-11-21/h7-12,15,18,26H,6,13-14,16-17H2,1-5H3,(H,30,35). The molecule has 1 fully saturated rings. The van der Waals surface area contributed by atoms with Gasteiger partial charge in [0.1, 0.15) is 0 Å². The van der Waals surface area contributed by atoms with Gasteiger partial charge in [0.25, 0.3) is 0 Å².